The van der Waals surface area contributed by atoms with Gasteiger partial charge in [-0.2, -0.15) is 0 Å². The van der Waals surface area contributed by atoms with Crippen LogP contribution in [0.2, 0.25) is 0 Å². The Hall–Kier alpha value is -1.46. The fraction of sp³-hybridized carbons (Fsp3) is 0.273. The van der Waals surface area contributed by atoms with Crippen molar-refractivity contribution in [1.29, 1.82) is 0 Å². The molecule has 0 amide bonds. The Morgan fingerprint density at radius 1 is 1.31 bits per heavy atom. The van der Waals surface area contributed by atoms with Crippen LogP contribution in [0.5, 0.6) is 5.75 Å². The number of phenols is 1. The topological polar surface area (TPSA) is 40.5 Å². The molecule has 0 radical (unpaired) electrons. The lowest BCUT2D eigenvalue weighted by Gasteiger charge is -2.05. The number of hydrogen-bond acceptors (Lipinski definition) is 2. The summed E-state index contributed by atoms with van der Waals surface area (Å²) in [7, 11) is 0. The van der Waals surface area contributed by atoms with Crippen LogP contribution in [-0.2, 0) is 0 Å². The zero-order chi connectivity index (χ0) is 9.90. The van der Waals surface area contributed by atoms with E-state index in [1.54, 1.807) is 38.1 Å². The smallest absolute Gasteiger partial charge is 0.120 e. The van der Waals surface area contributed by atoms with Crippen LogP contribution >= 0.6 is 0 Å². The number of aliphatic hydroxyl groups is 1. The van der Waals surface area contributed by atoms with Crippen LogP contribution in [0.15, 0.2) is 24.3 Å². The van der Waals surface area contributed by atoms with Gasteiger partial charge in [0.1, 0.15) is 11.4 Å². The molecule has 2 N–H and O–H groups in total. The Kier molecular flexibility index (Phi) is 2.60. The minimum atomic E-state index is -0.995. The maximum absolute atomic E-state index is 9.31. The van der Waals surface area contributed by atoms with Crippen molar-refractivity contribution in [2.24, 2.45) is 0 Å². The van der Waals surface area contributed by atoms with Crippen LogP contribution in [-0.4, -0.2) is 15.8 Å². The molecule has 0 heterocycles. The Balaban J connectivity index is 2.90. The molecule has 0 fully saturated rings. The average Bonchev–Trinajstić information content (AvgIpc) is 2.00. The van der Waals surface area contributed by atoms with E-state index in [4.69, 9.17) is 5.11 Å². The molecule has 1 aromatic carbocycles. The zero-order valence-corrected chi connectivity index (χ0v) is 7.70. The molecule has 0 aliphatic heterocycles. The molecule has 0 saturated carbocycles. The normalized spacial score (nSPS) is 10.4. The van der Waals surface area contributed by atoms with E-state index in [1.165, 1.54) is 0 Å². The first-order valence-electron chi connectivity index (χ1n) is 4.02. The van der Waals surface area contributed by atoms with E-state index < -0.39 is 5.60 Å². The summed E-state index contributed by atoms with van der Waals surface area (Å²) in [5, 5.41) is 18.4. The molecule has 0 bridgehead atoms. The minimum absolute atomic E-state index is 0.183. The van der Waals surface area contributed by atoms with Crippen LogP contribution in [0.3, 0.4) is 0 Å². The molecular weight excluding hydrogens is 164 g/mol. The molecule has 0 spiro atoms. The van der Waals surface area contributed by atoms with Gasteiger partial charge in [-0.05, 0) is 32.0 Å². The van der Waals surface area contributed by atoms with Gasteiger partial charge in [0.25, 0.3) is 0 Å². The zero-order valence-electron chi connectivity index (χ0n) is 7.70. The summed E-state index contributed by atoms with van der Waals surface area (Å²) in [5.74, 6) is 5.61. The summed E-state index contributed by atoms with van der Waals surface area (Å²) >= 11 is 0. The van der Waals surface area contributed by atoms with Crippen LogP contribution in [0.4, 0.5) is 0 Å². The van der Waals surface area contributed by atoms with Gasteiger partial charge >= 0.3 is 0 Å². The molecule has 0 aliphatic carbocycles. The Labute approximate surface area is 77.8 Å². The number of hydrogen-bond donors (Lipinski definition) is 2. The predicted molar refractivity (Wildman–Crippen MR) is 51.3 cm³/mol. The lowest BCUT2D eigenvalue weighted by atomic mass is 10.1. The second-order valence-electron chi connectivity index (χ2n) is 3.36. The molecule has 1 aromatic rings. The molecule has 1 rings (SSSR count). The molecule has 0 aliphatic rings. The Bertz CT molecular complexity index is 350. The van der Waals surface area contributed by atoms with Crippen molar-refractivity contribution in [2.75, 3.05) is 0 Å². The van der Waals surface area contributed by atoms with Gasteiger partial charge in [-0.1, -0.05) is 17.9 Å². The molecule has 2 nitrogen and oxygen atoms in total. The number of aromatic hydroxyl groups is 1. The summed E-state index contributed by atoms with van der Waals surface area (Å²) in [4.78, 5) is 0. The second-order valence-corrected chi connectivity index (χ2v) is 3.36. The molecule has 0 saturated heterocycles. The lowest BCUT2D eigenvalue weighted by Crippen LogP contribution is -2.14. The SMILES string of the molecule is CC(C)(O)C#Cc1cccc(O)c1. The first-order valence-corrected chi connectivity index (χ1v) is 4.02. The third kappa shape index (κ3) is 3.64. The van der Waals surface area contributed by atoms with Crippen LogP contribution in [0.25, 0.3) is 0 Å². The second kappa shape index (κ2) is 3.51. The number of benzene rings is 1. The maximum Gasteiger partial charge on any atom is 0.120 e. The molecule has 13 heavy (non-hydrogen) atoms. The fourth-order valence-electron chi connectivity index (χ4n) is 0.809. The molecule has 0 atom stereocenters. The monoisotopic (exact) mass is 176 g/mol. The van der Waals surface area contributed by atoms with Crippen molar-refractivity contribution in [3.63, 3.8) is 0 Å². The highest BCUT2D eigenvalue weighted by atomic mass is 16.3. The van der Waals surface area contributed by atoms with E-state index in [9.17, 15) is 5.11 Å². The lowest BCUT2D eigenvalue weighted by molar-refractivity contribution is 0.143. The maximum atomic E-state index is 9.31. The van der Waals surface area contributed by atoms with E-state index in [0.29, 0.717) is 5.56 Å². The summed E-state index contributed by atoms with van der Waals surface area (Å²) in [6.07, 6.45) is 0. The first kappa shape index (κ1) is 9.63. The third-order valence-corrected chi connectivity index (χ3v) is 1.36. The number of phenolic OH excluding ortho intramolecular Hbond substituents is 1. The summed E-state index contributed by atoms with van der Waals surface area (Å²) in [5.41, 5.74) is -0.298. The summed E-state index contributed by atoms with van der Waals surface area (Å²) < 4.78 is 0. The van der Waals surface area contributed by atoms with E-state index in [2.05, 4.69) is 11.8 Å². The van der Waals surface area contributed by atoms with Gasteiger partial charge in [0.15, 0.2) is 0 Å². The Morgan fingerprint density at radius 3 is 2.54 bits per heavy atom. The van der Waals surface area contributed by atoms with E-state index >= 15 is 0 Å². The number of rotatable bonds is 0. The highest BCUT2D eigenvalue weighted by Crippen LogP contribution is 2.09. The van der Waals surface area contributed by atoms with Crippen LogP contribution in [0.1, 0.15) is 19.4 Å². The average molecular weight is 176 g/mol. The van der Waals surface area contributed by atoms with Crippen LogP contribution in [0, 0.1) is 11.8 Å². The van der Waals surface area contributed by atoms with Crippen molar-refractivity contribution in [1.82, 2.24) is 0 Å². The molecule has 0 aromatic heterocycles. The quantitative estimate of drug-likeness (QED) is 0.588. The van der Waals surface area contributed by atoms with Gasteiger partial charge in [0, 0.05) is 5.56 Å². The molecule has 2 heteroatoms. The van der Waals surface area contributed by atoms with Crippen molar-refractivity contribution in [2.45, 2.75) is 19.4 Å². The highest BCUT2D eigenvalue weighted by Gasteiger charge is 2.05. The van der Waals surface area contributed by atoms with Gasteiger partial charge in [-0.3, -0.25) is 0 Å². The largest absolute Gasteiger partial charge is 0.508 e. The van der Waals surface area contributed by atoms with Gasteiger partial charge < -0.3 is 10.2 Å². The van der Waals surface area contributed by atoms with Gasteiger partial charge in [0.05, 0.1) is 0 Å². The van der Waals surface area contributed by atoms with Gasteiger partial charge in [-0.25, -0.2) is 0 Å². The van der Waals surface area contributed by atoms with Crippen LogP contribution < -0.4 is 0 Å². The fourth-order valence-corrected chi connectivity index (χ4v) is 0.809. The van der Waals surface area contributed by atoms with E-state index in [1.807, 2.05) is 0 Å². The minimum Gasteiger partial charge on any atom is -0.508 e. The molecule has 68 valence electrons. The summed E-state index contributed by atoms with van der Waals surface area (Å²) in [6.45, 7) is 3.23. The van der Waals surface area contributed by atoms with Gasteiger partial charge in [-0.15, -0.1) is 0 Å². The van der Waals surface area contributed by atoms with Crippen molar-refractivity contribution >= 4 is 0 Å². The van der Waals surface area contributed by atoms with Crippen molar-refractivity contribution < 1.29 is 10.2 Å². The van der Waals surface area contributed by atoms with Crippen molar-refractivity contribution in [3.8, 4) is 17.6 Å². The molecule has 0 unspecified atom stereocenters. The van der Waals surface area contributed by atoms with E-state index in [-0.39, 0.29) is 5.75 Å². The first-order chi connectivity index (χ1) is 5.97. The Morgan fingerprint density at radius 2 is 2.00 bits per heavy atom. The third-order valence-electron chi connectivity index (χ3n) is 1.36. The standard InChI is InChI=1S/C11H12O2/c1-11(2,13)7-6-9-4-3-5-10(12)8-9/h3-5,8,12-13H,1-2H3. The predicted octanol–water partition coefficient (Wildman–Crippen LogP) is 1.51. The highest BCUT2D eigenvalue weighted by molar-refractivity contribution is 5.40. The van der Waals surface area contributed by atoms with Crippen molar-refractivity contribution in [3.05, 3.63) is 29.8 Å². The summed E-state index contributed by atoms with van der Waals surface area (Å²) in [6, 6.07) is 6.62. The van der Waals surface area contributed by atoms with E-state index in [0.717, 1.165) is 0 Å². The van der Waals surface area contributed by atoms with Gasteiger partial charge in [0.2, 0.25) is 0 Å². The molecular formula is C11H12O2.